The summed E-state index contributed by atoms with van der Waals surface area (Å²) in [6.07, 6.45) is 4.12. The number of nitrogens with two attached hydrogens (primary N) is 1. The zero-order chi connectivity index (χ0) is 21.2. The smallest absolute Gasteiger partial charge is 0.257 e. The maximum Gasteiger partial charge on any atom is 0.257 e. The van der Waals surface area contributed by atoms with Crippen LogP contribution in [0.5, 0.6) is 5.88 Å². The van der Waals surface area contributed by atoms with E-state index in [9.17, 15) is 4.79 Å². The first kappa shape index (κ1) is 20.7. The van der Waals surface area contributed by atoms with E-state index >= 15 is 0 Å². The molecule has 1 aliphatic heterocycles. The normalized spacial score (nSPS) is 19.0. The predicted octanol–water partition coefficient (Wildman–Crippen LogP) is 2.47. The molecule has 0 amide bonds. The number of allylic oxidation sites excluding steroid dienone is 1. The molecule has 0 radical (unpaired) electrons. The van der Waals surface area contributed by atoms with E-state index in [1.807, 2.05) is 0 Å². The molecular weight excluding hydrogens is 368 g/mol. The minimum Gasteiger partial charge on any atom is -0.473 e. The molecule has 154 valence electrons. The summed E-state index contributed by atoms with van der Waals surface area (Å²) in [5.41, 5.74) is 6.82. The minimum atomic E-state index is -0.325. The molecular formula is C21H28N6O2. The van der Waals surface area contributed by atoms with Crippen molar-refractivity contribution >= 4 is 11.8 Å². The minimum absolute atomic E-state index is 0.0257. The van der Waals surface area contributed by atoms with Gasteiger partial charge in [-0.2, -0.15) is 0 Å². The van der Waals surface area contributed by atoms with Crippen molar-refractivity contribution in [3.8, 4) is 17.1 Å². The number of pyridine rings is 1. The van der Waals surface area contributed by atoms with Gasteiger partial charge in [0.15, 0.2) is 0 Å². The maximum atomic E-state index is 12.4. The molecule has 29 heavy (non-hydrogen) atoms. The summed E-state index contributed by atoms with van der Waals surface area (Å²) in [5, 5.41) is 19.3. The second-order valence-electron chi connectivity index (χ2n) is 8.68. The Bertz CT molecular complexity index is 959. The fourth-order valence-electron chi connectivity index (χ4n) is 4.07. The van der Waals surface area contributed by atoms with Crippen LogP contribution in [0.1, 0.15) is 46.2 Å². The van der Waals surface area contributed by atoms with Gasteiger partial charge < -0.3 is 26.2 Å². The number of aromatic nitrogens is 3. The van der Waals surface area contributed by atoms with E-state index in [1.54, 1.807) is 24.3 Å². The molecule has 2 aromatic rings. The molecule has 0 saturated carbocycles. The van der Waals surface area contributed by atoms with Crippen molar-refractivity contribution in [1.82, 2.24) is 20.5 Å². The van der Waals surface area contributed by atoms with Crippen LogP contribution >= 0.6 is 0 Å². The molecule has 3 rings (SSSR count). The lowest BCUT2D eigenvalue weighted by molar-refractivity contribution is 0.0524. The molecule has 8 nitrogen and oxygen atoms in total. The molecule has 0 spiro atoms. The fraction of sp³-hybridized carbons (Fsp3) is 0.429. The summed E-state index contributed by atoms with van der Waals surface area (Å²) in [7, 11) is 0. The van der Waals surface area contributed by atoms with Crippen LogP contribution < -0.4 is 21.3 Å². The topological polar surface area (TPSA) is 130 Å². The molecule has 5 N–H and O–H groups in total. The number of hydrogen-bond acceptors (Lipinski definition) is 7. The first-order valence-corrected chi connectivity index (χ1v) is 9.59. The maximum absolute atomic E-state index is 12.4. The zero-order valence-electron chi connectivity index (χ0n) is 17.2. The van der Waals surface area contributed by atoms with E-state index in [1.165, 1.54) is 6.20 Å². The Labute approximate surface area is 170 Å². The summed E-state index contributed by atoms with van der Waals surface area (Å²) in [5.74, 6) is 0.442. The van der Waals surface area contributed by atoms with Crippen LogP contribution in [0, 0.1) is 5.41 Å². The van der Waals surface area contributed by atoms with E-state index < -0.39 is 0 Å². The number of hydrogen-bond donors (Lipinski definition) is 4. The van der Waals surface area contributed by atoms with Crippen LogP contribution in [-0.2, 0) is 0 Å². The van der Waals surface area contributed by atoms with Gasteiger partial charge in [-0.15, -0.1) is 10.2 Å². The van der Waals surface area contributed by atoms with Crippen molar-refractivity contribution in [2.24, 2.45) is 5.73 Å². The van der Waals surface area contributed by atoms with E-state index in [0.29, 0.717) is 28.4 Å². The lowest BCUT2D eigenvalue weighted by Gasteiger charge is -2.46. The Hall–Kier alpha value is -3.00. The molecule has 8 heteroatoms. The van der Waals surface area contributed by atoms with Crippen LogP contribution in [0.3, 0.4) is 0 Å². The Kier molecular flexibility index (Phi) is 5.57. The highest BCUT2D eigenvalue weighted by Gasteiger charge is 2.38. The van der Waals surface area contributed by atoms with E-state index in [-0.39, 0.29) is 22.7 Å². The summed E-state index contributed by atoms with van der Waals surface area (Å²) in [6, 6.07) is 6.79. The van der Waals surface area contributed by atoms with Gasteiger partial charge in [0.05, 0.1) is 17.0 Å². The molecule has 3 heterocycles. The van der Waals surface area contributed by atoms with Gasteiger partial charge in [-0.3, -0.25) is 4.79 Å². The summed E-state index contributed by atoms with van der Waals surface area (Å²) < 4.78 is 6.08. The van der Waals surface area contributed by atoms with Crippen LogP contribution in [0.25, 0.3) is 16.8 Å². The van der Waals surface area contributed by atoms with Crippen molar-refractivity contribution in [2.45, 2.75) is 57.7 Å². The van der Waals surface area contributed by atoms with Crippen LogP contribution in [-0.4, -0.2) is 38.6 Å². The summed E-state index contributed by atoms with van der Waals surface area (Å²) >= 11 is 0. The van der Waals surface area contributed by atoms with Crippen molar-refractivity contribution in [3.63, 3.8) is 0 Å². The van der Waals surface area contributed by atoms with Crippen molar-refractivity contribution in [3.05, 3.63) is 46.5 Å². The van der Waals surface area contributed by atoms with Gasteiger partial charge in [-0.25, -0.2) is 0 Å². The van der Waals surface area contributed by atoms with E-state index in [0.717, 1.165) is 19.1 Å². The van der Waals surface area contributed by atoms with E-state index in [2.05, 4.69) is 48.2 Å². The summed E-state index contributed by atoms with van der Waals surface area (Å²) in [4.78, 5) is 15.1. The molecule has 1 aliphatic rings. The quantitative estimate of drug-likeness (QED) is 0.575. The molecule has 0 unspecified atom stereocenters. The number of nitrogens with one attached hydrogen (secondary N) is 3. The van der Waals surface area contributed by atoms with Crippen molar-refractivity contribution in [2.75, 3.05) is 0 Å². The lowest BCUT2D eigenvalue weighted by atomic mass is 9.81. The fourth-order valence-corrected chi connectivity index (χ4v) is 4.07. The van der Waals surface area contributed by atoms with Crippen LogP contribution in [0.4, 0.5) is 0 Å². The SMILES string of the molecule is CC1(C)CC(Oc2ccc(-c3ccc(C(C=N)=CN)[nH]c3=O)nn2)CC(C)(C)N1. The Morgan fingerprint density at radius 3 is 2.38 bits per heavy atom. The number of piperidine rings is 1. The molecule has 0 aliphatic carbocycles. The standard InChI is InChI=1S/C21H28N6O2/c1-20(2)9-14(10-21(3,4)27-20)29-18-8-7-17(25-26-18)15-5-6-16(24-19(15)28)13(11-22)12-23/h5-8,11-12,14,22,27H,9-10,23H2,1-4H3,(H,24,28). The highest BCUT2D eigenvalue weighted by Crippen LogP contribution is 2.31. The van der Waals surface area contributed by atoms with Crippen molar-refractivity contribution < 1.29 is 4.74 Å². The number of H-pyrrole nitrogens is 1. The predicted molar refractivity (Wildman–Crippen MR) is 114 cm³/mol. The van der Waals surface area contributed by atoms with Gasteiger partial charge in [0.1, 0.15) is 6.10 Å². The molecule has 0 atom stereocenters. The van der Waals surface area contributed by atoms with Gasteiger partial charge in [-0.1, -0.05) is 0 Å². The van der Waals surface area contributed by atoms with Crippen LogP contribution in [0.15, 0.2) is 35.3 Å². The second kappa shape index (κ2) is 7.79. The molecule has 2 aromatic heterocycles. The Morgan fingerprint density at radius 2 is 1.86 bits per heavy atom. The zero-order valence-corrected chi connectivity index (χ0v) is 17.2. The van der Waals surface area contributed by atoms with E-state index in [4.69, 9.17) is 15.9 Å². The Balaban J connectivity index is 1.77. The molecule has 0 aromatic carbocycles. The number of ether oxygens (including phenoxy) is 1. The van der Waals surface area contributed by atoms with Crippen molar-refractivity contribution in [1.29, 1.82) is 5.41 Å². The third-order valence-corrected chi connectivity index (χ3v) is 4.91. The number of aromatic amines is 1. The Morgan fingerprint density at radius 1 is 1.17 bits per heavy atom. The largest absolute Gasteiger partial charge is 0.473 e. The number of nitrogens with zero attached hydrogens (tertiary/aromatic N) is 2. The molecule has 1 fully saturated rings. The van der Waals surface area contributed by atoms with Crippen LogP contribution in [0.2, 0.25) is 0 Å². The van der Waals surface area contributed by atoms with Gasteiger partial charge in [0.2, 0.25) is 5.88 Å². The number of rotatable bonds is 5. The summed E-state index contributed by atoms with van der Waals surface area (Å²) in [6.45, 7) is 8.66. The average Bonchev–Trinajstić information content (AvgIpc) is 2.61. The monoisotopic (exact) mass is 396 g/mol. The van der Waals surface area contributed by atoms with Gasteiger partial charge in [0.25, 0.3) is 5.56 Å². The molecule has 1 saturated heterocycles. The first-order valence-electron chi connectivity index (χ1n) is 9.59. The van der Waals surface area contributed by atoms with Gasteiger partial charge in [0, 0.05) is 48.0 Å². The third-order valence-electron chi connectivity index (χ3n) is 4.91. The highest BCUT2D eigenvalue weighted by molar-refractivity contribution is 6.07. The average molecular weight is 396 g/mol. The third kappa shape index (κ3) is 4.89. The highest BCUT2D eigenvalue weighted by atomic mass is 16.5. The second-order valence-corrected chi connectivity index (χ2v) is 8.68. The van der Waals surface area contributed by atoms with Gasteiger partial charge in [-0.05, 0) is 45.9 Å². The lowest BCUT2D eigenvalue weighted by Crippen LogP contribution is -2.60. The molecule has 0 bridgehead atoms. The first-order chi connectivity index (χ1) is 13.6. The van der Waals surface area contributed by atoms with Gasteiger partial charge >= 0.3 is 0 Å².